The highest BCUT2D eigenvalue weighted by Gasteiger charge is 2.26. The summed E-state index contributed by atoms with van der Waals surface area (Å²) >= 11 is 18.1. The maximum Gasteiger partial charge on any atom is 0.111 e. The summed E-state index contributed by atoms with van der Waals surface area (Å²) in [5.74, 6) is 1.42. The fraction of sp³-hybridized carbons (Fsp3) is 0.500. The van der Waals surface area contributed by atoms with Gasteiger partial charge in [-0.3, -0.25) is 0 Å². The van der Waals surface area contributed by atoms with Crippen molar-refractivity contribution in [3.63, 3.8) is 0 Å². The van der Waals surface area contributed by atoms with Gasteiger partial charge < -0.3 is 9.30 Å². The van der Waals surface area contributed by atoms with Crippen LogP contribution in [0.25, 0.3) is 11.0 Å². The van der Waals surface area contributed by atoms with Gasteiger partial charge in [0.2, 0.25) is 0 Å². The minimum absolute atomic E-state index is 0.248. The highest BCUT2D eigenvalue weighted by atomic mass is 35.5. The molecule has 0 aliphatic heterocycles. The van der Waals surface area contributed by atoms with E-state index in [1.54, 1.807) is 13.2 Å². The first-order chi connectivity index (χ1) is 9.40. The molecule has 0 bridgehead atoms. The number of methoxy groups -OCH3 is 1. The number of aromatic nitrogens is 2. The van der Waals surface area contributed by atoms with Crippen molar-refractivity contribution in [1.82, 2.24) is 9.55 Å². The van der Waals surface area contributed by atoms with Crippen molar-refractivity contribution in [3.05, 3.63) is 28.0 Å². The van der Waals surface area contributed by atoms with Crippen LogP contribution in [0.5, 0.6) is 0 Å². The largest absolute Gasteiger partial charge is 0.382 e. The Kier molecular flexibility index (Phi) is 4.85. The molecular formula is C14H17Cl3N2O. The van der Waals surface area contributed by atoms with Crippen LogP contribution in [0, 0.1) is 0 Å². The third kappa shape index (κ3) is 2.91. The fourth-order valence-corrected chi connectivity index (χ4v) is 2.95. The van der Waals surface area contributed by atoms with Gasteiger partial charge in [-0.1, -0.05) is 23.2 Å². The number of halogens is 3. The Hall–Kier alpha value is -0.480. The molecule has 0 unspecified atom stereocenters. The summed E-state index contributed by atoms with van der Waals surface area (Å²) in [5, 5.41) is 1.02. The van der Waals surface area contributed by atoms with Crippen LogP contribution in [0.2, 0.25) is 10.0 Å². The second-order valence-electron chi connectivity index (χ2n) is 5.30. The predicted molar refractivity (Wildman–Crippen MR) is 85.4 cm³/mol. The summed E-state index contributed by atoms with van der Waals surface area (Å²) in [6, 6.07) is 3.64. The van der Waals surface area contributed by atoms with Crippen molar-refractivity contribution < 1.29 is 4.74 Å². The number of rotatable bonds is 5. The second kappa shape index (κ2) is 6.10. The van der Waals surface area contributed by atoms with E-state index in [-0.39, 0.29) is 5.54 Å². The molecule has 1 heterocycles. The molecule has 0 atom stereocenters. The Morgan fingerprint density at radius 2 is 1.90 bits per heavy atom. The number of alkyl halides is 1. The standard InChI is InChI=1S/C14H17Cl3N2O/c1-14(2,8-20-3)19-12-7-10(17)9(16)6-11(12)18-13(19)4-5-15/h6-7H,4-5,8H2,1-3H3. The van der Waals surface area contributed by atoms with Crippen LogP contribution in [-0.4, -0.2) is 29.1 Å². The zero-order valence-electron chi connectivity index (χ0n) is 11.7. The molecule has 1 aromatic carbocycles. The molecule has 0 aliphatic rings. The van der Waals surface area contributed by atoms with Crippen LogP contribution < -0.4 is 0 Å². The van der Waals surface area contributed by atoms with Crippen molar-refractivity contribution in [2.75, 3.05) is 19.6 Å². The summed E-state index contributed by atoms with van der Waals surface area (Å²) in [6.45, 7) is 4.75. The minimum atomic E-state index is -0.248. The number of hydrogen-bond acceptors (Lipinski definition) is 2. The number of nitrogens with zero attached hydrogens (tertiary/aromatic N) is 2. The lowest BCUT2D eigenvalue weighted by Crippen LogP contribution is -2.33. The van der Waals surface area contributed by atoms with Crippen molar-refractivity contribution in [1.29, 1.82) is 0 Å². The maximum absolute atomic E-state index is 6.14. The minimum Gasteiger partial charge on any atom is -0.382 e. The molecule has 2 aromatic rings. The molecule has 0 fully saturated rings. The smallest absolute Gasteiger partial charge is 0.111 e. The maximum atomic E-state index is 6.14. The number of aryl methyl sites for hydroxylation is 1. The molecule has 110 valence electrons. The van der Waals surface area contributed by atoms with Gasteiger partial charge >= 0.3 is 0 Å². The Morgan fingerprint density at radius 3 is 2.50 bits per heavy atom. The van der Waals surface area contributed by atoms with E-state index in [4.69, 9.17) is 39.5 Å². The van der Waals surface area contributed by atoms with Gasteiger partial charge in [-0.05, 0) is 26.0 Å². The number of benzene rings is 1. The number of hydrogen-bond donors (Lipinski definition) is 0. The summed E-state index contributed by atoms with van der Waals surface area (Å²) in [4.78, 5) is 4.63. The van der Waals surface area contributed by atoms with Crippen LogP contribution in [-0.2, 0) is 16.7 Å². The second-order valence-corrected chi connectivity index (χ2v) is 6.50. The van der Waals surface area contributed by atoms with E-state index in [1.807, 2.05) is 6.07 Å². The number of imidazole rings is 1. The van der Waals surface area contributed by atoms with E-state index in [9.17, 15) is 0 Å². The highest BCUT2D eigenvalue weighted by molar-refractivity contribution is 6.42. The van der Waals surface area contributed by atoms with E-state index in [2.05, 4.69) is 23.4 Å². The Bertz CT molecular complexity index is 622. The lowest BCUT2D eigenvalue weighted by molar-refractivity contribution is 0.110. The highest BCUT2D eigenvalue weighted by Crippen LogP contribution is 2.32. The molecule has 0 aliphatic carbocycles. The van der Waals surface area contributed by atoms with Gasteiger partial charge in [0.15, 0.2) is 0 Å². The molecule has 1 aromatic heterocycles. The molecule has 0 saturated carbocycles. The molecule has 0 amide bonds. The predicted octanol–water partition coefficient (Wildman–Crippen LogP) is 4.51. The monoisotopic (exact) mass is 334 g/mol. The number of ether oxygens (including phenoxy) is 1. The molecule has 2 rings (SSSR count). The normalized spacial score (nSPS) is 12.3. The molecule has 0 saturated heterocycles. The van der Waals surface area contributed by atoms with Crippen LogP contribution in [0.4, 0.5) is 0 Å². The SMILES string of the molecule is COCC(C)(C)n1c(CCCl)nc2cc(Cl)c(Cl)cc21. The molecule has 0 radical (unpaired) electrons. The van der Waals surface area contributed by atoms with E-state index in [0.717, 1.165) is 16.9 Å². The fourth-order valence-electron chi connectivity index (χ4n) is 2.47. The summed E-state index contributed by atoms with van der Waals surface area (Å²) in [5.41, 5.74) is 1.52. The van der Waals surface area contributed by atoms with Crippen LogP contribution in [0.3, 0.4) is 0 Å². The van der Waals surface area contributed by atoms with Crippen molar-refractivity contribution in [2.24, 2.45) is 0 Å². The van der Waals surface area contributed by atoms with Gasteiger partial charge in [0.25, 0.3) is 0 Å². The molecular weight excluding hydrogens is 319 g/mol. The third-order valence-corrected chi connectivity index (χ3v) is 4.10. The molecule has 6 heteroatoms. The molecule has 0 spiro atoms. The lowest BCUT2D eigenvalue weighted by Gasteiger charge is -2.28. The zero-order chi connectivity index (χ0) is 14.9. The van der Waals surface area contributed by atoms with E-state index >= 15 is 0 Å². The van der Waals surface area contributed by atoms with Crippen LogP contribution >= 0.6 is 34.8 Å². The van der Waals surface area contributed by atoms with Crippen LogP contribution in [0.1, 0.15) is 19.7 Å². The average Bonchev–Trinajstić information content (AvgIpc) is 2.68. The Labute approximate surface area is 133 Å². The Balaban J connectivity index is 2.70. The third-order valence-electron chi connectivity index (χ3n) is 3.19. The van der Waals surface area contributed by atoms with Crippen molar-refractivity contribution in [2.45, 2.75) is 25.8 Å². The van der Waals surface area contributed by atoms with Gasteiger partial charge in [-0.15, -0.1) is 11.6 Å². The lowest BCUT2D eigenvalue weighted by atomic mass is 10.1. The molecule has 20 heavy (non-hydrogen) atoms. The summed E-state index contributed by atoms with van der Waals surface area (Å²) < 4.78 is 7.46. The molecule has 3 nitrogen and oxygen atoms in total. The summed E-state index contributed by atoms with van der Waals surface area (Å²) in [6.07, 6.45) is 0.679. The first-order valence-corrected chi connectivity index (χ1v) is 7.61. The van der Waals surface area contributed by atoms with Gasteiger partial charge in [0, 0.05) is 19.4 Å². The van der Waals surface area contributed by atoms with Gasteiger partial charge in [0.1, 0.15) is 5.82 Å². The quantitative estimate of drug-likeness (QED) is 0.752. The first-order valence-electron chi connectivity index (χ1n) is 6.32. The van der Waals surface area contributed by atoms with E-state index in [1.165, 1.54) is 0 Å². The zero-order valence-corrected chi connectivity index (χ0v) is 14.0. The topological polar surface area (TPSA) is 27.1 Å². The number of fused-ring (bicyclic) bond motifs is 1. The van der Waals surface area contributed by atoms with Gasteiger partial charge in [-0.25, -0.2) is 4.98 Å². The van der Waals surface area contributed by atoms with E-state index in [0.29, 0.717) is 29.0 Å². The Morgan fingerprint density at radius 1 is 1.25 bits per heavy atom. The van der Waals surface area contributed by atoms with Gasteiger partial charge in [0.05, 0.1) is 33.2 Å². The van der Waals surface area contributed by atoms with E-state index < -0.39 is 0 Å². The summed E-state index contributed by atoms with van der Waals surface area (Å²) in [7, 11) is 1.69. The first kappa shape index (κ1) is 15.9. The van der Waals surface area contributed by atoms with Crippen LogP contribution in [0.15, 0.2) is 12.1 Å². The average molecular weight is 336 g/mol. The van der Waals surface area contributed by atoms with Crippen molar-refractivity contribution >= 4 is 45.8 Å². The van der Waals surface area contributed by atoms with Gasteiger partial charge in [-0.2, -0.15) is 0 Å². The molecule has 0 N–H and O–H groups in total. The van der Waals surface area contributed by atoms with Crippen molar-refractivity contribution in [3.8, 4) is 0 Å².